The van der Waals surface area contributed by atoms with Gasteiger partial charge in [-0.15, -0.1) is 0 Å². The number of aryl methyl sites for hydroxylation is 2. The number of carbonyl (C=O) groups excluding carboxylic acids is 1. The van der Waals surface area contributed by atoms with Crippen molar-refractivity contribution in [2.75, 3.05) is 11.9 Å². The van der Waals surface area contributed by atoms with Gasteiger partial charge in [0, 0.05) is 24.0 Å². The maximum absolute atomic E-state index is 12.5. The van der Waals surface area contributed by atoms with E-state index in [0.717, 1.165) is 17.1 Å². The molecular weight excluding hydrogens is 304 g/mol. The van der Waals surface area contributed by atoms with E-state index >= 15 is 0 Å². The van der Waals surface area contributed by atoms with Crippen LogP contribution in [0.1, 0.15) is 32.2 Å². The Morgan fingerprint density at radius 3 is 2.54 bits per heavy atom. The highest BCUT2D eigenvalue weighted by Crippen LogP contribution is 2.17. The minimum Gasteiger partial charge on any atom is -0.392 e. The van der Waals surface area contributed by atoms with E-state index in [-0.39, 0.29) is 12.1 Å². The highest BCUT2D eigenvalue weighted by Gasteiger charge is 2.19. The molecule has 1 unspecified atom stereocenters. The summed E-state index contributed by atoms with van der Waals surface area (Å²) in [5.74, 6) is 0. The zero-order chi connectivity index (χ0) is 17.9. The first-order valence-electron chi connectivity index (χ1n) is 8.17. The summed E-state index contributed by atoms with van der Waals surface area (Å²) in [4.78, 5) is 14.1. The monoisotopic (exact) mass is 330 g/mol. The fourth-order valence-corrected chi connectivity index (χ4v) is 2.61. The molecule has 0 fully saturated rings. The van der Waals surface area contributed by atoms with Crippen molar-refractivity contribution in [1.29, 1.82) is 0 Å². The van der Waals surface area contributed by atoms with Crippen molar-refractivity contribution in [1.82, 2.24) is 14.7 Å². The van der Waals surface area contributed by atoms with Crippen LogP contribution in [-0.2, 0) is 0 Å². The first-order valence-corrected chi connectivity index (χ1v) is 8.17. The molecule has 0 spiro atoms. The number of carbonyl (C=O) groups is 1. The van der Waals surface area contributed by atoms with Gasteiger partial charge in [0.25, 0.3) is 0 Å². The molecule has 0 saturated heterocycles. The first kappa shape index (κ1) is 18.0. The quantitative estimate of drug-likeness (QED) is 0.885. The lowest BCUT2D eigenvalue weighted by Crippen LogP contribution is -2.43. The summed E-state index contributed by atoms with van der Waals surface area (Å²) in [7, 11) is 0. The van der Waals surface area contributed by atoms with Crippen molar-refractivity contribution >= 4 is 11.7 Å². The summed E-state index contributed by atoms with van der Waals surface area (Å²) in [5, 5.41) is 16.9. The van der Waals surface area contributed by atoms with Crippen molar-refractivity contribution in [3.63, 3.8) is 0 Å². The molecule has 2 N–H and O–H groups in total. The first-order chi connectivity index (χ1) is 11.3. The number of rotatable bonds is 5. The zero-order valence-corrected chi connectivity index (χ0v) is 14.9. The van der Waals surface area contributed by atoms with Crippen molar-refractivity contribution in [2.24, 2.45) is 0 Å². The molecule has 1 aromatic carbocycles. The molecule has 130 valence electrons. The van der Waals surface area contributed by atoms with Crippen molar-refractivity contribution in [3.8, 4) is 5.69 Å². The highest BCUT2D eigenvalue weighted by molar-refractivity contribution is 5.89. The van der Waals surface area contributed by atoms with Gasteiger partial charge in [0.1, 0.15) is 0 Å². The number of benzene rings is 1. The molecule has 0 aliphatic carbocycles. The number of urea groups is 1. The van der Waals surface area contributed by atoms with Crippen LogP contribution in [0.4, 0.5) is 10.5 Å². The molecule has 0 aliphatic rings. The standard InChI is InChI=1S/C18H26N4O2/c1-12(2)21(11-15(5)23)18(24)19-16-7-6-8-17(10-16)22-14(4)9-13(3)20-22/h6-10,12,15,23H,11H2,1-5H3,(H,19,24). The number of nitrogens with one attached hydrogen (secondary N) is 1. The van der Waals surface area contributed by atoms with Crippen LogP contribution in [0.2, 0.25) is 0 Å². The Kier molecular flexibility index (Phi) is 5.62. The zero-order valence-electron chi connectivity index (χ0n) is 14.9. The molecular formula is C18H26N4O2. The number of hydrogen-bond donors (Lipinski definition) is 2. The van der Waals surface area contributed by atoms with Gasteiger partial charge in [-0.05, 0) is 58.9 Å². The summed E-state index contributed by atoms with van der Waals surface area (Å²) in [5.41, 5.74) is 3.57. The van der Waals surface area contributed by atoms with E-state index < -0.39 is 6.10 Å². The van der Waals surface area contributed by atoms with E-state index in [9.17, 15) is 9.90 Å². The second-order valence-corrected chi connectivity index (χ2v) is 6.41. The average Bonchev–Trinajstić information content (AvgIpc) is 2.83. The Labute approximate surface area is 143 Å². The van der Waals surface area contributed by atoms with Crippen molar-refractivity contribution < 1.29 is 9.90 Å². The van der Waals surface area contributed by atoms with Gasteiger partial charge in [-0.2, -0.15) is 5.10 Å². The lowest BCUT2D eigenvalue weighted by Gasteiger charge is -2.28. The van der Waals surface area contributed by atoms with E-state index in [2.05, 4.69) is 10.4 Å². The number of aromatic nitrogens is 2. The lowest BCUT2D eigenvalue weighted by atomic mass is 10.2. The topological polar surface area (TPSA) is 70.4 Å². The van der Waals surface area contributed by atoms with E-state index in [1.54, 1.807) is 11.8 Å². The fourth-order valence-electron chi connectivity index (χ4n) is 2.61. The van der Waals surface area contributed by atoms with Crippen LogP contribution in [0.15, 0.2) is 30.3 Å². The Morgan fingerprint density at radius 1 is 1.29 bits per heavy atom. The molecule has 0 radical (unpaired) electrons. The minimum atomic E-state index is -0.570. The Hall–Kier alpha value is -2.34. The number of aliphatic hydroxyl groups is 1. The summed E-state index contributed by atoms with van der Waals surface area (Å²) in [6.07, 6.45) is -0.570. The number of hydrogen-bond acceptors (Lipinski definition) is 3. The molecule has 1 heterocycles. The molecule has 2 aromatic rings. The minimum absolute atomic E-state index is 0.00112. The van der Waals surface area contributed by atoms with Crippen LogP contribution in [0.3, 0.4) is 0 Å². The lowest BCUT2D eigenvalue weighted by molar-refractivity contribution is 0.125. The number of aliphatic hydroxyl groups excluding tert-OH is 1. The molecule has 0 aliphatic heterocycles. The number of nitrogens with zero attached hydrogens (tertiary/aromatic N) is 3. The van der Waals surface area contributed by atoms with Crippen molar-refractivity contribution in [3.05, 3.63) is 41.7 Å². The van der Waals surface area contributed by atoms with Crippen LogP contribution in [0.5, 0.6) is 0 Å². The average molecular weight is 330 g/mol. The van der Waals surface area contributed by atoms with Gasteiger partial charge in [-0.3, -0.25) is 0 Å². The van der Waals surface area contributed by atoms with Gasteiger partial charge < -0.3 is 15.3 Å². The van der Waals surface area contributed by atoms with Gasteiger partial charge in [0.15, 0.2) is 0 Å². The molecule has 0 saturated carbocycles. The van der Waals surface area contributed by atoms with Gasteiger partial charge in [-0.25, -0.2) is 9.48 Å². The Morgan fingerprint density at radius 2 is 2.00 bits per heavy atom. The summed E-state index contributed by atoms with van der Waals surface area (Å²) in [6.45, 7) is 9.76. The predicted octanol–water partition coefficient (Wildman–Crippen LogP) is 3.11. The van der Waals surface area contributed by atoms with Gasteiger partial charge in [0.2, 0.25) is 0 Å². The van der Waals surface area contributed by atoms with Crippen molar-refractivity contribution in [2.45, 2.75) is 46.8 Å². The second-order valence-electron chi connectivity index (χ2n) is 6.41. The summed E-state index contributed by atoms with van der Waals surface area (Å²) in [6, 6.07) is 9.34. The SMILES string of the molecule is Cc1cc(C)n(-c2cccc(NC(=O)N(CC(C)O)C(C)C)c2)n1. The molecule has 6 heteroatoms. The van der Waals surface area contributed by atoms with Crippen LogP contribution in [-0.4, -0.2) is 44.5 Å². The van der Waals surface area contributed by atoms with E-state index in [1.807, 2.05) is 62.7 Å². The van der Waals surface area contributed by atoms with Gasteiger partial charge in [-0.1, -0.05) is 6.07 Å². The molecule has 0 bridgehead atoms. The van der Waals surface area contributed by atoms with Crippen LogP contribution in [0, 0.1) is 13.8 Å². The third-order valence-electron chi connectivity index (χ3n) is 3.70. The third kappa shape index (κ3) is 4.35. The fraction of sp³-hybridized carbons (Fsp3) is 0.444. The summed E-state index contributed by atoms with van der Waals surface area (Å²) >= 11 is 0. The molecule has 6 nitrogen and oxygen atoms in total. The van der Waals surface area contributed by atoms with Gasteiger partial charge in [0.05, 0.1) is 17.5 Å². The highest BCUT2D eigenvalue weighted by atomic mass is 16.3. The van der Waals surface area contributed by atoms with Crippen LogP contribution < -0.4 is 5.32 Å². The maximum atomic E-state index is 12.5. The summed E-state index contributed by atoms with van der Waals surface area (Å²) < 4.78 is 1.85. The normalized spacial score (nSPS) is 12.3. The maximum Gasteiger partial charge on any atom is 0.322 e. The molecule has 2 amide bonds. The van der Waals surface area contributed by atoms with E-state index in [1.165, 1.54) is 0 Å². The largest absolute Gasteiger partial charge is 0.392 e. The second kappa shape index (κ2) is 7.49. The molecule has 2 rings (SSSR count). The number of anilines is 1. The molecule has 24 heavy (non-hydrogen) atoms. The smallest absolute Gasteiger partial charge is 0.322 e. The van der Waals surface area contributed by atoms with Crippen LogP contribution >= 0.6 is 0 Å². The molecule has 1 atom stereocenters. The number of amides is 2. The Balaban J connectivity index is 2.19. The van der Waals surface area contributed by atoms with Gasteiger partial charge >= 0.3 is 6.03 Å². The van der Waals surface area contributed by atoms with E-state index in [0.29, 0.717) is 12.2 Å². The van der Waals surface area contributed by atoms with E-state index in [4.69, 9.17) is 0 Å². The van der Waals surface area contributed by atoms with Crippen LogP contribution in [0.25, 0.3) is 5.69 Å². The predicted molar refractivity (Wildman–Crippen MR) is 95.6 cm³/mol. The third-order valence-corrected chi connectivity index (χ3v) is 3.70. The Bertz CT molecular complexity index is 707. The molecule has 1 aromatic heterocycles.